The number of nitrogens with zero attached hydrogens (tertiary/aromatic N) is 3. The Balaban J connectivity index is 2.04. The smallest absolute Gasteiger partial charge is 0.340 e. The van der Waals surface area contributed by atoms with Crippen molar-refractivity contribution in [1.29, 1.82) is 0 Å². The van der Waals surface area contributed by atoms with Crippen LogP contribution in [-0.4, -0.2) is 29.6 Å². The minimum Gasteiger partial charge on any atom is -0.340 e. The third kappa shape index (κ3) is 6.08. The van der Waals surface area contributed by atoms with Crippen molar-refractivity contribution in [3.05, 3.63) is 59.5 Å². The molecule has 0 spiro atoms. The van der Waals surface area contributed by atoms with Crippen molar-refractivity contribution in [2.24, 2.45) is 0 Å². The first-order chi connectivity index (χ1) is 15.0. The number of hydrogen-bond donors (Lipinski definition) is 3. The number of carbonyl (C=O) groups excluding carboxylic acids is 1. The van der Waals surface area contributed by atoms with Crippen LogP contribution in [0.25, 0.3) is 11.3 Å². The van der Waals surface area contributed by atoms with Gasteiger partial charge < -0.3 is 15.2 Å². The summed E-state index contributed by atoms with van der Waals surface area (Å²) in [6, 6.07) is 6.96. The lowest BCUT2D eigenvalue weighted by molar-refractivity contribution is -0.137. The molecule has 0 saturated heterocycles. The normalized spacial score (nSPS) is 12.3. The molecule has 168 valence electrons. The largest absolute Gasteiger partial charge is 0.417 e. The molecule has 0 aromatic carbocycles. The van der Waals surface area contributed by atoms with E-state index in [2.05, 4.69) is 25.6 Å². The first-order valence-corrected chi connectivity index (χ1v) is 10.4. The Hall–Kier alpha value is -3.38. The minimum atomic E-state index is -4.52. The number of aryl methyl sites for hydroxylation is 1. The molecule has 0 aliphatic rings. The summed E-state index contributed by atoms with van der Waals surface area (Å²) in [4.78, 5) is 23.7. The number of hydrogen-bond acceptors (Lipinski definition) is 6. The standard InChI is InChI=1S/C20H18F3N5O3S/c1-11-5-14(10-32(30)31)27-19(6-11)28-17-7-18(26-12(2)29)25-9-15(17)16-4-3-13(8-24-16)20(21,22)23/h3-9H,10H2,1-2H3,(H,30,31)(H2,25,26,27,28,29). The van der Waals surface area contributed by atoms with Crippen molar-refractivity contribution in [3.63, 3.8) is 0 Å². The van der Waals surface area contributed by atoms with E-state index in [4.69, 9.17) is 4.55 Å². The Morgan fingerprint density at radius 1 is 1.12 bits per heavy atom. The Bertz CT molecular complexity index is 1170. The quantitative estimate of drug-likeness (QED) is 0.465. The van der Waals surface area contributed by atoms with Gasteiger partial charge in [0.25, 0.3) is 0 Å². The Labute approximate surface area is 183 Å². The summed E-state index contributed by atoms with van der Waals surface area (Å²) in [6.07, 6.45) is -2.43. The van der Waals surface area contributed by atoms with Crippen molar-refractivity contribution >= 4 is 34.3 Å². The molecule has 0 aliphatic carbocycles. The Morgan fingerprint density at radius 3 is 2.47 bits per heavy atom. The highest BCUT2D eigenvalue weighted by Gasteiger charge is 2.30. The fourth-order valence-corrected chi connectivity index (χ4v) is 3.28. The summed E-state index contributed by atoms with van der Waals surface area (Å²) in [6.45, 7) is 3.09. The lowest BCUT2D eigenvalue weighted by Crippen LogP contribution is -2.09. The average Bonchev–Trinajstić information content (AvgIpc) is 2.66. The molecule has 3 rings (SSSR count). The number of amides is 1. The van der Waals surface area contributed by atoms with Gasteiger partial charge in [0, 0.05) is 30.9 Å². The van der Waals surface area contributed by atoms with Crippen LogP contribution >= 0.6 is 0 Å². The van der Waals surface area contributed by atoms with Crippen LogP contribution < -0.4 is 10.6 Å². The molecule has 3 aromatic rings. The number of pyridine rings is 3. The Kier molecular flexibility index (Phi) is 6.84. The molecule has 3 heterocycles. The molecule has 32 heavy (non-hydrogen) atoms. The van der Waals surface area contributed by atoms with Gasteiger partial charge in [-0.05, 0) is 36.8 Å². The molecule has 0 aliphatic heterocycles. The van der Waals surface area contributed by atoms with Crippen LogP contribution in [0.5, 0.6) is 0 Å². The second-order valence-electron chi connectivity index (χ2n) is 6.84. The molecule has 1 unspecified atom stereocenters. The van der Waals surface area contributed by atoms with Gasteiger partial charge >= 0.3 is 6.18 Å². The summed E-state index contributed by atoms with van der Waals surface area (Å²) < 4.78 is 58.9. The summed E-state index contributed by atoms with van der Waals surface area (Å²) in [5.41, 5.74) is 1.20. The van der Waals surface area contributed by atoms with Gasteiger partial charge in [0.1, 0.15) is 11.6 Å². The maximum atomic E-state index is 12.9. The first kappa shape index (κ1) is 23.3. The molecule has 1 amide bonds. The highest BCUT2D eigenvalue weighted by molar-refractivity contribution is 7.78. The number of aromatic nitrogens is 3. The van der Waals surface area contributed by atoms with Gasteiger partial charge in [0.05, 0.1) is 28.4 Å². The SMILES string of the molecule is CC(=O)Nc1cc(Nc2cc(C)cc(CS(=O)O)n2)c(-c2ccc(C(F)(F)F)cn2)cn1. The zero-order valence-electron chi connectivity index (χ0n) is 16.9. The molecule has 0 bridgehead atoms. The predicted octanol–water partition coefficient (Wildman–Crippen LogP) is 4.29. The molecule has 0 fully saturated rings. The van der Waals surface area contributed by atoms with Gasteiger partial charge in [-0.15, -0.1) is 0 Å². The fourth-order valence-electron chi connectivity index (χ4n) is 2.87. The number of rotatable bonds is 6. The average molecular weight is 465 g/mol. The van der Waals surface area contributed by atoms with Gasteiger partial charge in [-0.2, -0.15) is 13.2 Å². The monoisotopic (exact) mass is 465 g/mol. The maximum absolute atomic E-state index is 12.9. The van der Waals surface area contributed by atoms with Crippen LogP contribution in [0.15, 0.2) is 42.7 Å². The van der Waals surface area contributed by atoms with Crippen molar-refractivity contribution in [2.45, 2.75) is 25.8 Å². The molecule has 0 saturated carbocycles. The molecule has 1 atom stereocenters. The highest BCUT2D eigenvalue weighted by atomic mass is 32.2. The lowest BCUT2D eigenvalue weighted by Gasteiger charge is -2.14. The fraction of sp³-hybridized carbons (Fsp3) is 0.200. The summed E-state index contributed by atoms with van der Waals surface area (Å²) in [5.74, 6) is 0.0146. The van der Waals surface area contributed by atoms with E-state index in [0.29, 0.717) is 22.8 Å². The summed E-state index contributed by atoms with van der Waals surface area (Å²) in [7, 11) is 0. The van der Waals surface area contributed by atoms with Gasteiger partial charge in [-0.1, -0.05) is 0 Å². The van der Waals surface area contributed by atoms with Crippen LogP contribution in [0.4, 0.5) is 30.5 Å². The van der Waals surface area contributed by atoms with E-state index in [1.54, 1.807) is 19.1 Å². The Morgan fingerprint density at radius 2 is 1.88 bits per heavy atom. The van der Waals surface area contributed by atoms with Crippen molar-refractivity contribution in [2.75, 3.05) is 10.6 Å². The van der Waals surface area contributed by atoms with Crippen molar-refractivity contribution < 1.29 is 26.7 Å². The van der Waals surface area contributed by atoms with Crippen LogP contribution in [0.1, 0.15) is 23.7 Å². The zero-order valence-corrected chi connectivity index (χ0v) is 17.7. The molecule has 3 aromatic heterocycles. The van der Waals surface area contributed by atoms with Crippen LogP contribution in [0, 0.1) is 6.92 Å². The number of alkyl halides is 3. The minimum absolute atomic E-state index is 0.169. The maximum Gasteiger partial charge on any atom is 0.417 e. The van der Waals surface area contributed by atoms with E-state index in [0.717, 1.165) is 17.8 Å². The molecule has 0 radical (unpaired) electrons. The summed E-state index contributed by atoms with van der Waals surface area (Å²) >= 11 is -2.08. The topological polar surface area (TPSA) is 117 Å². The second-order valence-corrected chi connectivity index (χ2v) is 7.77. The predicted molar refractivity (Wildman–Crippen MR) is 114 cm³/mol. The van der Waals surface area contributed by atoms with Crippen molar-refractivity contribution in [1.82, 2.24) is 15.0 Å². The second kappa shape index (κ2) is 9.40. The van der Waals surface area contributed by atoms with Gasteiger partial charge in [-0.3, -0.25) is 9.78 Å². The zero-order chi connectivity index (χ0) is 23.5. The van der Waals surface area contributed by atoms with Crippen LogP contribution in [-0.2, 0) is 27.8 Å². The van der Waals surface area contributed by atoms with E-state index < -0.39 is 22.8 Å². The number of halogens is 3. The van der Waals surface area contributed by atoms with Crippen LogP contribution in [0.2, 0.25) is 0 Å². The third-order valence-corrected chi connectivity index (χ3v) is 4.67. The van der Waals surface area contributed by atoms with Crippen molar-refractivity contribution in [3.8, 4) is 11.3 Å². The van der Waals surface area contributed by atoms with E-state index in [1.165, 1.54) is 25.3 Å². The van der Waals surface area contributed by atoms with E-state index in [9.17, 15) is 22.2 Å². The first-order valence-electron chi connectivity index (χ1n) is 9.14. The highest BCUT2D eigenvalue weighted by Crippen LogP contribution is 2.33. The molecular formula is C20H18F3N5O3S. The van der Waals surface area contributed by atoms with E-state index in [1.807, 2.05) is 0 Å². The number of carbonyl (C=O) groups is 1. The van der Waals surface area contributed by atoms with Gasteiger partial charge in [-0.25, -0.2) is 14.2 Å². The molecule has 12 heteroatoms. The van der Waals surface area contributed by atoms with Gasteiger partial charge in [0.2, 0.25) is 5.91 Å². The number of anilines is 3. The summed E-state index contributed by atoms with van der Waals surface area (Å²) in [5, 5.41) is 5.57. The molecule has 3 N–H and O–H groups in total. The molecule has 8 nitrogen and oxygen atoms in total. The number of nitrogens with one attached hydrogen (secondary N) is 2. The van der Waals surface area contributed by atoms with Crippen LogP contribution in [0.3, 0.4) is 0 Å². The van der Waals surface area contributed by atoms with E-state index >= 15 is 0 Å². The molecular weight excluding hydrogens is 447 g/mol. The third-order valence-electron chi connectivity index (χ3n) is 4.13. The van der Waals surface area contributed by atoms with E-state index in [-0.39, 0.29) is 23.2 Å². The lowest BCUT2D eigenvalue weighted by atomic mass is 10.1. The van der Waals surface area contributed by atoms with Gasteiger partial charge in [0.15, 0.2) is 11.1 Å².